The lowest BCUT2D eigenvalue weighted by atomic mass is 10.1. The third kappa shape index (κ3) is 4.25. The molecule has 1 atom stereocenters. The summed E-state index contributed by atoms with van der Waals surface area (Å²) in [4.78, 5) is 17.8. The van der Waals surface area contributed by atoms with Gasteiger partial charge in [0.1, 0.15) is 6.61 Å². The number of hydrogen-bond donors (Lipinski definition) is 2. The topological polar surface area (TPSA) is 67.6 Å². The van der Waals surface area contributed by atoms with E-state index >= 15 is 0 Å². The van der Waals surface area contributed by atoms with Crippen LogP contribution in [0.5, 0.6) is 0 Å². The molecule has 6 heteroatoms. The van der Waals surface area contributed by atoms with Crippen LogP contribution in [0, 0.1) is 0 Å². The van der Waals surface area contributed by atoms with E-state index in [1.165, 1.54) is 17.5 Å². The van der Waals surface area contributed by atoms with E-state index in [0.29, 0.717) is 0 Å². The summed E-state index contributed by atoms with van der Waals surface area (Å²) in [7, 11) is 0. The van der Waals surface area contributed by atoms with Crippen molar-refractivity contribution in [2.24, 2.45) is 5.73 Å². The van der Waals surface area contributed by atoms with Crippen LogP contribution in [0.25, 0.3) is 0 Å². The van der Waals surface area contributed by atoms with Gasteiger partial charge in [-0.15, -0.1) is 4.47 Å². The van der Waals surface area contributed by atoms with Crippen LogP contribution < -0.4 is 11.1 Å². The predicted molar refractivity (Wildman–Crippen MR) is 91.7 cm³/mol. The van der Waals surface area contributed by atoms with Crippen molar-refractivity contribution in [3.8, 4) is 0 Å². The number of benzene rings is 2. The average molecular weight is 329 g/mol. The minimum Gasteiger partial charge on any atom is -0.382 e. The fourth-order valence-corrected chi connectivity index (χ4v) is 3.43. The molecular formula is C17H19N3O2S. The Balaban J connectivity index is 1.79. The van der Waals surface area contributed by atoms with Crippen molar-refractivity contribution in [2.75, 3.05) is 18.5 Å². The Morgan fingerprint density at radius 1 is 1.22 bits per heavy atom. The van der Waals surface area contributed by atoms with Gasteiger partial charge in [0.25, 0.3) is 0 Å². The van der Waals surface area contributed by atoms with Crippen molar-refractivity contribution in [1.82, 2.24) is 4.47 Å². The fourth-order valence-electron chi connectivity index (χ4n) is 2.46. The van der Waals surface area contributed by atoms with Gasteiger partial charge in [-0.3, -0.25) is 9.63 Å². The van der Waals surface area contributed by atoms with E-state index in [-0.39, 0.29) is 12.6 Å². The first-order chi connectivity index (χ1) is 11.2. The van der Waals surface area contributed by atoms with Gasteiger partial charge in [-0.25, -0.2) is 0 Å². The van der Waals surface area contributed by atoms with E-state index in [4.69, 9.17) is 10.6 Å². The van der Waals surface area contributed by atoms with Gasteiger partial charge in [-0.05, 0) is 36.1 Å². The number of nitrogens with two attached hydrogens (primary N) is 1. The SMILES string of the molecule is NC(=O)CON1Sc2ccccc2NCC1Cc1ccccc1. The quantitative estimate of drug-likeness (QED) is 0.825. The molecule has 120 valence electrons. The van der Waals surface area contributed by atoms with Crippen LogP contribution in [0.15, 0.2) is 59.5 Å². The molecule has 0 bridgehead atoms. The Hall–Kier alpha value is -2.02. The number of carbonyl (C=O) groups is 1. The molecule has 0 radical (unpaired) electrons. The van der Waals surface area contributed by atoms with Gasteiger partial charge in [-0.1, -0.05) is 42.5 Å². The van der Waals surface area contributed by atoms with Crippen LogP contribution in [-0.2, 0) is 16.1 Å². The molecule has 0 fully saturated rings. The molecule has 0 saturated heterocycles. The van der Waals surface area contributed by atoms with Crippen molar-refractivity contribution in [3.63, 3.8) is 0 Å². The minimum absolute atomic E-state index is 0.0779. The zero-order valence-electron chi connectivity index (χ0n) is 12.6. The zero-order chi connectivity index (χ0) is 16.1. The lowest BCUT2D eigenvalue weighted by Gasteiger charge is -2.27. The third-order valence-corrected chi connectivity index (χ3v) is 4.69. The number of carbonyl (C=O) groups excluding carboxylic acids is 1. The maximum atomic E-state index is 11.1. The van der Waals surface area contributed by atoms with E-state index in [2.05, 4.69) is 17.4 Å². The van der Waals surface area contributed by atoms with Crippen molar-refractivity contribution in [1.29, 1.82) is 0 Å². The summed E-state index contributed by atoms with van der Waals surface area (Å²) >= 11 is 1.49. The van der Waals surface area contributed by atoms with E-state index in [0.717, 1.165) is 23.5 Å². The molecule has 0 aliphatic carbocycles. The molecule has 1 amide bonds. The summed E-state index contributed by atoms with van der Waals surface area (Å²) < 4.78 is 1.79. The molecular weight excluding hydrogens is 310 g/mol. The van der Waals surface area contributed by atoms with Crippen molar-refractivity contribution in [3.05, 3.63) is 60.2 Å². The molecule has 2 aromatic rings. The number of rotatable bonds is 5. The molecule has 5 nitrogen and oxygen atoms in total. The molecule has 0 spiro atoms. The van der Waals surface area contributed by atoms with E-state index in [1.54, 1.807) is 4.47 Å². The molecule has 3 N–H and O–H groups in total. The van der Waals surface area contributed by atoms with Gasteiger partial charge < -0.3 is 11.1 Å². The second-order valence-electron chi connectivity index (χ2n) is 5.34. The number of hydrogen-bond acceptors (Lipinski definition) is 5. The van der Waals surface area contributed by atoms with Crippen LogP contribution in [0.2, 0.25) is 0 Å². The first-order valence-electron chi connectivity index (χ1n) is 7.47. The van der Waals surface area contributed by atoms with Gasteiger partial charge in [-0.2, -0.15) is 0 Å². The van der Waals surface area contributed by atoms with E-state index in [1.807, 2.05) is 42.5 Å². The molecule has 1 heterocycles. The van der Waals surface area contributed by atoms with Gasteiger partial charge in [0.15, 0.2) is 0 Å². The van der Waals surface area contributed by atoms with Crippen LogP contribution >= 0.6 is 11.9 Å². The molecule has 0 saturated carbocycles. The number of nitrogens with zero attached hydrogens (tertiary/aromatic N) is 1. The van der Waals surface area contributed by atoms with Gasteiger partial charge in [0.2, 0.25) is 5.91 Å². The smallest absolute Gasteiger partial charge is 0.245 e. The summed E-state index contributed by atoms with van der Waals surface area (Å²) in [5.41, 5.74) is 7.52. The largest absolute Gasteiger partial charge is 0.382 e. The van der Waals surface area contributed by atoms with Crippen LogP contribution in [0.4, 0.5) is 5.69 Å². The van der Waals surface area contributed by atoms with Crippen LogP contribution in [-0.4, -0.2) is 29.6 Å². The van der Waals surface area contributed by atoms with Gasteiger partial charge >= 0.3 is 0 Å². The Labute approximate surface area is 139 Å². The zero-order valence-corrected chi connectivity index (χ0v) is 13.5. The number of amides is 1. The monoisotopic (exact) mass is 329 g/mol. The Bertz CT molecular complexity index is 666. The van der Waals surface area contributed by atoms with Crippen LogP contribution in [0.3, 0.4) is 0 Å². The first-order valence-corrected chi connectivity index (χ1v) is 8.25. The summed E-state index contributed by atoms with van der Waals surface area (Å²) in [6, 6.07) is 18.4. The second kappa shape index (κ2) is 7.50. The van der Waals surface area contributed by atoms with Gasteiger partial charge in [0.05, 0.1) is 6.04 Å². The fraction of sp³-hybridized carbons (Fsp3) is 0.235. The number of primary amides is 1. The number of hydroxylamine groups is 1. The number of nitrogens with one attached hydrogen (secondary N) is 1. The third-order valence-electron chi connectivity index (χ3n) is 3.55. The molecule has 1 unspecified atom stereocenters. The highest BCUT2D eigenvalue weighted by molar-refractivity contribution is 7.97. The predicted octanol–water partition coefficient (Wildman–Crippen LogP) is 2.45. The summed E-state index contributed by atoms with van der Waals surface area (Å²) in [6.07, 6.45) is 0.813. The Morgan fingerprint density at radius 2 is 1.96 bits per heavy atom. The highest BCUT2D eigenvalue weighted by Gasteiger charge is 2.26. The van der Waals surface area contributed by atoms with Crippen LogP contribution in [0.1, 0.15) is 5.56 Å². The standard InChI is InChI=1S/C17H19N3O2S/c18-17(21)12-22-20-14(10-13-6-2-1-3-7-13)11-19-15-8-4-5-9-16(15)23-20/h1-9,14,19H,10-12H2,(H2,18,21). The molecule has 1 aliphatic heterocycles. The first kappa shape index (κ1) is 15.9. The number of para-hydroxylation sites is 1. The molecule has 1 aliphatic rings. The Morgan fingerprint density at radius 3 is 2.74 bits per heavy atom. The molecule has 3 rings (SSSR count). The van der Waals surface area contributed by atoms with Crippen molar-refractivity contribution in [2.45, 2.75) is 17.4 Å². The maximum absolute atomic E-state index is 11.1. The highest BCUT2D eigenvalue weighted by atomic mass is 32.2. The van der Waals surface area contributed by atoms with Gasteiger partial charge in [0, 0.05) is 17.1 Å². The van der Waals surface area contributed by atoms with E-state index in [9.17, 15) is 4.79 Å². The average Bonchev–Trinajstić information content (AvgIpc) is 2.74. The summed E-state index contributed by atoms with van der Waals surface area (Å²) in [5, 5.41) is 3.45. The molecule has 23 heavy (non-hydrogen) atoms. The summed E-state index contributed by atoms with van der Waals surface area (Å²) in [5.74, 6) is -0.477. The lowest BCUT2D eigenvalue weighted by Crippen LogP contribution is -2.38. The number of anilines is 1. The second-order valence-corrected chi connectivity index (χ2v) is 6.32. The molecule has 0 aromatic heterocycles. The van der Waals surface area contributed by atoms with E-state index < -0.39 is 5.91 Å². The van der Waals surface area contributed by atoms with Crippen molar-refractivity contribution >= 4 is 23.5 Å². The summed E-state index contributed by atoms with van der Waals surface area (Å²) in [6.45, 7) is 0.595. The Kier molecular flexibility index (Phi) is 5.17. The normalized spacial score (nSPS) is 17.8. The number of fused-ring (bicyclic) bond motifs is 1. The molecule has 2 aromatic carbocycles. The highest BCUT2D eigenvalue weighted by Crippen LogP contribution is 2.35. The lowest BCUT2D eigenvalue weighted by molar-refractivity contribution is -0.140. The van der Waals surface area contributed by atoms with Crippen molar-refractivity contribution < 1.29 is 9.63 Å². The maximum Gasteiger partial charge on any atom is 0.245 e. The minimum atomic E-state index is -0.477.